The van der Waals surface area contributed by atoms with E-state index in [1.165, 1.54) is 0 Å². The lowest BCUT2D eigenvalue weighted by molar-refractivity contribution is -0.118. The van der Waals surface area contributed by atoms with Crippen LogP contribution < -0.4 is 10.6 Å². The number of aryl methyl sites for hydroxylation is 1. The molecule has 2 N–H and O–H groups in total. The van der Waals surface area contributed by atoms with E-state index in [-0.39, 0.29) is 23.8 Å². The summed E-state index contributed by atoms with van der Waals surface area (Å²) in [6.45, 7) is 5.66. The first-order valence-corrected chi connectivity index (χ1v) is 8.12. The Morgan fingerprint density at radius 1 is 1.25 bits per heavy atom. The molecule has 0 aliphatic rings. The summed E-state index contributed by atoms with van der Waals surface area (Å²) in [6, 6.07) is 8.74. The average molecular weight is 328 g/mol. The van der Waals surface area contributed by atoms with Crippen molar-refractivity contribution in [1.82, 2.24) is 15.1 Å². The number of hydrogen-bond acceptors (Lipinski definition) is 3. The van der Waals surface area contributed by atoms with Gasteiger partial charge in [-0.05, 0) is 30.7 Å². The molecule has 2 rings (SSSR count). The van der Waals surface area contributed by atoms with E-state index in [0.29, 0.717) is 11.3 Å². The molecule has 0 spiro atoms. The van der Waals surface area contributed by atoms with Gasteiger partial charge in [-0.1, -0.05) is 26.8 Å². The number of anilines is 1. The standard InChI is InChI=1S/C18H24N4O2/c1-5-15(16-9-10-19-22(16)4)21-18(24)13-7-6-8-14(11-13)20-17(23)12(2)3/h6-12,15H,5H2,1-4H3,(H,20,23)(H,21,24). The minimum atomic E-state index is -0.177. The highest BCUT2D eigenvalue weighted by Crippen LogP contribution is 2.17. The minimum absolute atomic E-state index is 0.0751. The number of nitrogens with zero attached hydrogens (tertiary/aromatic N) is 2. The number of nitrogens with one attached hydrogen (secondary N) is 2. The second-order valence-electron chi connectivity index (χ2n) is 6.04. The number of hydrogen-bond donors (Lipinski definition) is 2. The number of amides is 2. The summed E-state index contributed by atoms with van der Waals surface area (Å²) in [4.78, 5) is 24.3. The van der Waals surface area contributed by atoms with Gasteiger partial charge in [-0.15, -0.1) is 0 Å². The zero-order chi connectivity index (χ0) is 17.7. The molecule has 1 heterocycles. The third kappa shape index (κ3) is 4.22. The molecule has 0 fully saturated rings. The Balaban J connectivity index is 2.12. The molecule has 1 unspecified atom stereocenters. The molecule has 1 atom stereocenters. The van der Waals surface area contributed by atoms with Crippen LogP contribution in [0.15, 0.2) is 36.5 Å². The van der Waals surface area contributed by atoms with Crippen molar-refractivity contribution in [3.05, 3.63) is 47.8 Å². The predicted octanol–water partition coefficient (Wildman–Crippen LogP) is 2.90. The summed E-state index contributed by atoms with van der Waals surface area (Å²) in [6.07, 6.45) is 2.47. The van der Waals surface area contributed by atoms with E-state index in [1.807, 2.05) is 33.9 Å². The highest BCUT2D eigenvalue weighted by molar-refractivity contribution is 5.97. The van der Waals surface area contributed by atoms with Gasteiger partial charge in [-0.3, -0.25) is 14.3 Å². The molecule has 0 bridgehead atoms. The van der Waals surface area contributed by atoms with E-state index in [9.17, 15) is 9.59 Å². The van der Waals surface area contributed by atoms with Crippen LogP contribution in [0.2, 0.25) is 0 Å². The topological polar surface area (TPSA) is 76.0 Å². The van der Waals surface area contributed by atoms with Crippen LogP contribution in [0.4, 0.5) is 5.69 Å². The van der Waals surface area contributed by atoms with E-state index in [4.69, 9.17) is 0 Å². The van der Waals surface area contributed by atoms with Gasteiger partial charge in [0.1, 0.15) is 0 Å². The number of benzene rings is 1. The van der Waals surface area contributed by atoms with Crippen molar-refractivity contribution in [2.75, 3.05) is 5.32 Å². The Bertz CT molecular complexity index is 721. The van der Waals surface area contributed by atoms with Crippen LogP contribution in [0, 0.1) is 5.92 Å². The SMILES string of the molecule is CCC(NC(=O)c1cccc(NC(=O)C(C)C)c1)c1ccnn1C. The molecule has 0 aliphatic heterocycles. The fourth-order valence-corrected chi connectivity index (χ4v) is 2.38. The maximum absolute atomic E-state index is 12.5. The first kappa shape index (κ1) is 17.7. The maximum atomic E-state index is 12.5. The Hall–Kier alpha value is -2.63. The summed E-state index contributed by atoms with van der Waals surface area (Å²) in [7, 11) is 1.85. The highest BCUT2D eigenvalue weighted by Gasteiger charge is 2.17. The molecule has 6 nitrogen and oxygen atoms in total. The first-order valence-electron chi connectivity index (χ1n) is 8.12. The average Bonchev–Trinajstić information content (AvgIpc) is 2.98. The molecular formula is C18H24N4O2. The molecular weight excluding hydrogens is 304 g/mol. The molecule has 0 radical (unpaired) electrons. The fraction of sp³-hybridized carbons (Fsp3) is 0.389. The lowest BCUT2D eigenvalue weighted by Gasteiger charge is -2.17. The Morgan fingerprint density at radius 2 is 2.00 bits per heavy atom. The van der Waals surface area contributed by atoms with Crippen LogP contribution in [0.5, 0.6) is 0 Å². The molecule has 0 aliphatic carbocycles. The highest BCUT2D eigenvalue weighted by atomic mass is 16.2. The molecule has 1 aromatic carbocycles. The van der Waals surface area contributed by atoms with Crippen molar-refractivity contribution in [3.63, 3.8) is 0 Å². The lowest BCUT2D eigenvalue weighted by Crippen LogP contribution is -2.29. The van der Waals surface area contributed by atoms with Gasteiger partial charge in [-0.2, -0.15) is 5.10 Å². The van der Waals surface area contributed by atoms with Crippen LogP contribution in [0.3, 0.4) is 0 Å². The zero-order valence-corrected chi connectivity index (χ0v) is 14.5. The van der Waals surface area contributed by atoms with Gasteiger partial charge in [0, 0.05) is 30.4 Å². The quantitative estimate of drug-likeness (QED) is 0.856. The Labute approximate surface area is 142 Å². The second-order valence-corrected chi connectivity index (χ2v) is 6.04. The number of rotatable bonds is 6. The normalized spacial score (nSPS) is 12.0. The summed E-state index contributed by atoms with van der Waals surface area (Å²) >= 11 is 0. The van der Waals surface area contributed by atoms with Crippen molar-refractivity contribution >= 4 is 17.5 Å². The third-order valence-corrected chi connectivity index (χ3v) is 3.85. The van der Waals surface area contributed by atoms with Crippen molar-refractivity contribution in [2.24, 2.45) is 13.0 Å². The van der Waals surface area contributed by atoms with Gasteiger partial charge < -0.3 is 10.6 Å². The Kier molecular flexibility index (Phi) is 5.73. The van der Waals surface area contributed by atoms with Crippen LogP contribution in [-0.4, -0.2) is 21.6 Å². The first-order chi connectivity index (χ1) is 11.4. The van der Waals surface area contributed by atoms with Crippen molar-refractivity contribution in [3.8, 4) is 0 Å². The summed E-state index contributed by atoms with van der Waals surface area (Å²) < 4.78 is 1.76. The number of aromatic nitrogens is 2. The van der Waals surface area contributed by atoms with Crippen LogP contribution in [0.1, 0.15) is 49.3 Å². The molecule has 24 heavy (non-hydrogen) atoms. The van der Waals surface area contributed by atoms with E-state index in [0.717, 1.165) is 12.1 Å². The molecule has 128 valence electrons. The molecule has 1 aromatic heterocycles. The number of carbonyl (C=O) groups is 2. The summed E-state index contributed by atoms with van der Waals surface area (Å²) in [5.74, 6) is -0.366. The van der Waals surface area contributed by atoms with E-state index < -0.39 is 0 Å². The zero-order valence-electron chi connectivity index (χ0n) is 14.5. The van der Waals surface area contributed by atoms with Crippen LogP contribution in [0.25, 0.3) is 0 Å². The second kappa shape index (κ2) is 7.77. The van der Waals surface area contributed by atoms with Crippen molar-refractivity contribution in [2.45, 2.75) is 33.2 Å². The van der Waals surface area contributed by atoms with Gasteiger partial charge in [-0.25, -0.2) is 0 Å². The number of carbonyl (C=O) groups excluding carboxylic acids is 2. The molecule has 2 amide bonds. The molecule has 6 heteroatoms. The Morgan fingerprint density at radius 3 is 2.58 bits per heavy atom. The van der Waals surface area contributed by atoms with Gasteiger partial charge >= 0.3 is 0 Å². The fourth-order valence-electron chi connectivity index (χ4n) is 2.38. The largest absolute Gasteiger partial charge is 0.344 e. The van der Waals surface area contributed by atoms with Crippen molar-refractivity contribution < 1.29 is 9.59 Å². The predicted molar refractivity (Wildman–Crippen MR) is 93.6 cm³/mol. The van der Waals surface area contributed by atoms with E-state index in [1.54, 1.807) is 35.1 Å². The van der Waals surface area contributed by atoms with E-state index in [2.05, 4.69) is 15.7 Å². The summed E-state index contributed by atoms with van der Waals surface area (Å²) in [5, 5.41) is 9.97. The summed E-state index contributed by atoms with van der Waals surface area (Å²) in [5.41, 5.74) is 2.09. The van der Waals surface area contributed by atoms with Gasteiger partial charge in [0.2, 0.25) is 5.91 Å². The van der Waals surface area contributed by atoms with E-state index >= 15 is 0 Å². The van der Waals surface area contributed by atoms with Crippen molar-refractivity contribution in [1.29, 1.82) is 0 Å². The van der Waals surface area contributed by atoms with Gasteiger partial charge in [0.05, 0.1) is 11.7 Å². The monoisotopic (exact) mass is 328 g/mol. The lowest BCUT2D eigenvalue weighted by atomic mass is 10.1. The van der Waals surface area contributed by atoms with Crippen LogP contribution in [-0.2, 0) is 11.8 Å². The molecule has 0 saturated carbocycles. The third-order valence-electron chi connectivity index (χ3n) is 3.85. The van der Waals surface area contributed by atoms with Gasteiger partial charge in [0.25, 0.3) is 5.91 Å². The maximum Gasteiger partial charge on any atom is 0.251 e. The molecule has 0 saturated heterocycles. The van der Waals surface area contributed by atoms with Gasteiger partial charge in [0.15, 0.2) is 0 Å². The van der Waals surface area contributed by atoms with Crippen LogP contribution >= 0.6 is 0 Å². The molecule has 2 aromatic rings. The minimum Gasteiger partial charge on any atom is -0.344 e. The smallest absolute Gasteiger partial charge is 0.251 e.